The molecule has 12 heavy (non-hydrogen) atoms. The van der Waals surface area contributed by atoms with E-state index in [4.69, 9.17) is 5.26 Å². The van der Waals surface area contributed by atoms with Crippen molar-refractivity contribution in [2.75, 3.05) is 0 Å². The van der Waals surface area contributed by atoms with Crippen LogP contribution < -0.4 is 0 Å². The van der Waals surface area contributed by atoms with Crippen molar-refractivity contribution in [1.29, 1.82) is 5.26 Å². The van der Waals surface area contributed by atoms with E-state index < -0.39 is 0 Å². The van der Waals surface area contributed by atoms with E-state index in [0.29, 0.717) is 0 Å². The summed E-state index contributed by atoms with van der Waals surface area (Å²) in [5.74, 6) is 0.162. The Hall–Kier alpha value is -0.840. The van der Waals surface area contributed by atoms with Crippen molar-refractivity contribution >= 4 is 5.78 Å². The second kappa shape index (κ2) is 3.26. The molecule has 0 saturated heterocycles. The Balaban J connectivity index is 2.82. The summed E-state index contributed by atoms with van der Waals surface area (Å²) in [6.07, 6.45) is 3.97. The van der Waals surface area contributed by atoms with E-state index in [1.54, 1.807) is 6.92 Å². The highest BCUT2D eigenvalue weighted by Crippen LogP contribution is 2.40. The molecule has 2 nitrogen and oxygen atoms in total. The Kier molecular flexibility index (Phi) is 2.52. The fraction of sp³-hybridized carbons (Fsp3) is 0.800. The highest BCUT2D eigenvalue weighted by Gasteiger charge is 2.39. The molecule has 1 aliphatic rings. The predicted octanol–water partition coefficient (Wildman–Crippen LogP) is 2.30. The lowest BCUT2D eigenvalue weighted by Gasteiger charge is -2.34. The van der Waals surface area contributed by atoms with Crippen molar-refractivity contribution < 1.29 is 4.79 Å². The molecule has 0 N–H and O–H groups in total. The van der Waals surface area contributed by atoms with Crippen LogP contribution in [0.5, 0.6) is 0 Å². The molecule has 0 aromatic heterocycles. The number of nitriles is 1. The number of Topliss-reactive ketones (excluding diaryl/α,β-unsaturated/α-hetero) is 1. The average molecular weight is 165 g/mol. The first-order chi connectivity index (χ1) is 5.60. The molecule has 1 aliphatic carbocycles. The van der Waals surface area contributed by atoms with E-state index in [1.165, 1.54) is 0 Å². The van der Waals surface area contributed by atoms with Crippen LogP contribution in [0.15, 0.2) is 0 Å². The van der Waals surface area contributed by atoms with E-state index in [9.17, 15) is 4.79 Å². The Morgan fingerprint density at radius 3 is 2.67 bits per heavy atom. The van der Waals surface area contributed by atoms with Crippen molar-refractivity contribution in [3.8, 4) is 6.07 Å². The van der Waals surface area contributed by atoms with Crippen LogP contribution in [0.4, 0.5) is 0 Å². The first-order valence-electron chi connectivity index (χ1n) is 4.52. The van der Waals surface area contributed by atoms with Crippen molar-refractivity contribution in [2.24, 2.45) is 11.3 Å². The van der Waals surface area contributed by atoms with Gasteiger partial charge in [-0.1, -0.05) is 12.8 Å². The maximum Gasteiger partial charge on any atom is 0.134 e. The summed E-state index contributed by atoms with van der Waals surface area (Å²) in [7, 11) is 0. The zero-order valence-corrected chi connectivity index (χ0v) is 7.76. The van der Waals surface area contributed by atoms with Crippen molar-refractivity contribution in [3.05, 3.63) is 0 Å². The minimum Gasteiger partial charge on any atom is -0.300 e. The van der Waals surface area contributed by atoms with Gasteiger partial charge in [0.2, 0.25) is 0 Å². The first kappa shape index (κ1) is 9.25. The average Bonchev–Trinajstić information content (AvgIpc) is 2.05. The summed E-state index contributed by atoms with van der Waals surface area (Å²) in [5.41, 5.74) is -0.385. The summed E-state index contributed by atoms with van der Waals surface area (Å²) in [6, 6.07) is 2.29. The molecule has 1 rings (SSSR count). The molecular formula is C10H15NO. The van der Waals surface area contributed by atoms with E-state index >= 15 is 0 Å². The smallest absolute Gasteiger partial charge is 0.134 e. The fourth-order valence-electron chi connectivity index (χ4n) is 2.12. The van der Waals surface area contributed by atoms with Crippen LogP contribution in [0.1, 0.15) is 39.5 Å². The van der Waals surface area contributed by atoms with Gasteiger partial charge < -0.3 is 0 Å². The van der Waals surface area contributed by atoms with Crippen LogP contribution in [-0.2, 0) is 4.79 Å². The Labute approximate surface area is 73.6 Å². The van der Waals surface area contributed by atoms with Crippen LogP contribution in [0.25, 0.3) is 0 Å². The van der Waals surface area contributed by atoms with Gasteiger partial charge >= 0.3 is 0 Å². The van der Waals surface area contributed by atoms with Gasteiger partial charge in [0.15, 0.2) is 0 Å². The minimum atomic E-state index is -0.385. The quantitative estimate of drug-likeness (QED) is 0.598. The molecule has 2 unspecified atom stereocenters. The lowest BCUT2D eigenvalue weighted by atomic mass is 9.67. The molecule has 0 aromatic carbocycles. The van der Waals surface area contributed by atoms with Gasteiger partial charge in [0, 0.05) is 5.92 Å². The molecule has 0 amide bonds. The molecule has 66 valence electrons. The third kappa shape index (κ3) is 1.50. The highest BCUT2D eigenvalue weighted by molar-refractivity contribution is 5.79. The first-order valence-corrected chi connectivity index (χ1v) is 4.52. The largest absolute Gasteiger partial charge is 0.300 e. The standard InChI is InChI=1S/C10H15NO/c1-8(12)9-5-3-4-6-10(9,2)7-11/h9H,3-6H2,1-2H3. The number of nitrogens with zero attached hydrogens (tertiary/aromatic N) is 1. The summed E-state index contributed by atoms with van der Waals surface area (Å²) in [5, 5.41) is 8.97. The third-order valence-electron chi connectivity index (χ3n) is 2.95. The number of carbonyl (C=O) groups is 1. The SMILES string of the molecule is CC(=O)C1CCCCC1(C)C#N. The van der Waals surface area contributed by atoms with Crippen LogP contribution in [0, 0.1) is 22.7 Å². The summed E-state index contributed by atoms with van der Waals surface area (Å²) in [4.78, 5) is 11.2. The predicted molar refractivity (Wildman–Crippen MR) is 46.4 cm³/mol. The van der Waals surface area contributed by atoms with Gasteiger partial charge in [0.25, 0.3) is 0 Å². The van der Waals surface area contributed by atoms with Crippen molar-refractivity contribution in [1.82, 2.24) is 0 Å². The van der Waals surface area contributed by atoms with Crippen LogP contribution in [-0.4, -0.2) is 5.78 Å². The van der Waals surface area contributed by atoms with E-state index in [0.717, 1.165) is 25.7 Å². The van der Waals surface area contributed by atoms with E-state index in [2.05, 4.69) is 6.07 Å². The molecule has 0 radical (unpaired) electrons. The maximum atomic E-state index is 11.2. The molecule has 2 atom stereocenters. The molecule has 0 aromatic rings. The Morgan fingerprint density at radius 1 is 1.58 bits per heavy atom. The number of rotatable bonds is 1. The van der Waals surface area contributed by atoms with Crippen LogP contribution in [0.2, 0.25) is 0 Å². The van der Waals surface area contributed by atoms with E-state index in [1.807, 2.05) is 6.92 Å². The number of ketones is 1. The molecule has 0 spiro atoms. The highest BCUT2D eigenvalue weighted by atomic mass is 16.1. The van der Waals surface area contributed by atoms with Gasteiger partial charge in [-0.25, -0.2) is 0 Å². The van der Waals surface area contributed by atoms with Gasteiger partial charge in [0.1, 0.15) is 5.78 Å². The molecule has 2 heteroatoms. The number of hydrogen-bond donors (Lipinski definition) is 0. The van der Waals surface area contributed by atoms with Gasteiger partial charge in [0.05, 0.1) is 11.5 Å². The minimum absolute atomic E-state index is 0.0174. The fourth-order valence-corrected chi connectivity index (χ4v) is 2.12. The number of hydrogen-bond acceptors (Lipinski definition) is 2. The summed E-state index contributed by atoms with van der Waals surface area (Å²) < 4.78 is 0. The van der Waals surface area contributed by atoms with E-state index in [-0.39, 0.29) is 17.1 Å². The van der Waals surface area contributed by atoms with Crippen molar-refractivity contribution in [2.45, 2.75) is 39.5 Å². The third-order valence-corrected chi connectivity index (χ3v) is 2.95. The summed E-state index contributed by atoms with van der Waals surface area (Å²) >= 11 is 0. The van der Waals surface area contributed by atoms with Gasteiger partial charge in [-0.3, -0.25) is 4.79 Å². The van der Waals surface area contributed by atoms with Gasteiger partial charge in [-0.2, -0.15) is 5.26 Å². The topological polar surface area (TPSA) is 40.9 Å². The lowest BCUT2D eigenvalue weighted by Crippen LogP contribution is -2.34. The van der Waals surface area contributed by atoms with Gasteiger partial charge in [-0.15, -0.1) is 0 Å². The van der Waals surface area contributed by atoms with Crippen LogP contribution in [0.3, 0.4) is 0 Å². The van der Waals surface area contributed by atoms with Crippen molar-refractivity contribution in [3.63, 3.8) is 0 Å². The maximum absolute atomic E-state index is 11.2. The van der Waals surface area contributed by atoms with Crippen LogP contribution >= 0.6 is 0 Å². The normalized spacial score (nSPS) is 35.6. The lowest BCUT2D eigenvalue weighted by molar-refractivity contribution is -0.124. The molecule has 1 saturated carbocycles. The molecule has 0 bridgehead atoms. The monoisotopic (exact) mass is 165 g/mol. The Morgan fingerprint density at radius 2 is 2.25 bits per heavy atom. The summed E-state index contributed by atoms with van der Waals surface area (Å²) in [6.45, 7) is 3.52. The zero-order valence-electron chi connectivity index (χ0n) is 7.76. The van der Waals surface area contributed by atoms with Gasteiger partial charge in [-0.05, 0) is 26.7 Å². The molecular weight excluding hydrogens is 150 g/mol. The Bertz CT molecular complexity index is 228. The molecule has 0 heterocycles. The second-order valence-electron chi connectivity index (χ2n) is 3.94. The number of carbonyl (C=O) groups excluding carboxylic acids is 1. The molecule has 1 fully saturated rings. The zero-order chi connectivity index (χ0) is 9.19. The second-order valence-corrected chi connectivity index (χ2v) is 3.94. The molecule has 0 aliphatic heterocycles.